The second kappa shape index (κ2) is 8.42. The fourth-order valence-electron chi connectivity index (χ4n) is 3.62. The molecule has 0 aliphatic carbocycles. The number of rotatable bonds is 6. The van der Waals surface area contributed by atoms with Crippen LogP contribution >= 0.6 is 0 Å². The highest BCUT2D eigenvalue weighted by Crippen LogP contribution is 2.23. The monoisotopic (exact) mass is 377 g/mol. The van der Waals surface area contributed by atoms with Gasteiger partial charge in [-0.2, -0.15) is 0 Å². The van der Waals surface area contributed by atoms with Gasteiger partial charge in [0.25, 0.3) is 0 Å². The van der Waals surface area contributed by atoms with E-state index in [-0.39, 0.29) is 11.7 Å². The van der Waals surface area contributed by atoms with Gasteiger partial charge in [0, 0.05) is 50.6 Å². The van der Waals surface area contributed by atoms with Gasteiger partial charge in [0.2, 0.25) is 0 Å². The SMILES string of the molecule is C[C@H](Cc1nc(Cc2cnccn2)cc(N2CCCC2)n1)c1ccc(F)cc1. The van der Waals surface area contributed by atoms with Gasteiger partial charge in [-0.3, -0.25) is 9.97 Å². The van der Waals surface area contributed by atoms with E-state index in [1.165, 1.54) is 25.0 Å². The number of benzene rings is 1. The maximum Gasteiger partial charge on any atom is 0.132 e. The maximum atomic E-state index is 13.2. The highest BCUT2D eigenvalue weighted by atomic mass is 19.1. The molecule has 2 aromatic heterocycles. The third kappa shape index (κ3) is 4.50. The van der Waals surface area contributed by atoms with Crippen LogP contribution in [0.15, 0.2) is 48.9 Å². The lowest BCUT2D eigenvalue weighted by Gasteiger charge is -2.19. The Morgan fingerprint density at radius 3 is 2.54 bits per heavy atom. The summed E-state index contributed by atoms with van der Waals surface area (Å²) < 4.78 is 13.2. The van der Waals surface area contributed by atoms with Gasteiger partial charge < -0.3 is 4.90 Å². The third-order valence-corrected chi connectivity index (χ3v) is 5.15. The van der Waals surface area contributed by atoms with Crippen LogP contribution in [0.1, 0.15) is 48.5 Å². The summed E-state index contributed by atoms with van der Waals surface area (Å²) >= 11 is 0. The highest BCUT2D eigenvalue weighted by Gasteiger charge is 2.17. The predicted octanol–water partition coefficient (Wildman–Crippen LogP) is 3.94. The van der Waals surface area contributed by atoms with Crippen molar-refractivity contribution in [2.45, 2.75) is 38.5 Å². The third-order valence-electron chi connectivity index (χ3n) is 5.15. The number of aromatic nitrogens is 4. The van der Waals surface area contributed by atoms with Gasteiger partial charge in [0.15, 0.2) is 0 Å². The first-order valence-corrected chi connectivity index (χ1v) is 9.79. The van der Waals surface area contributed by atoms with Crippen molar-refractivity contribution >= 4 is 5.82 Å². The van der Waals surface area contributed by atoms with Gasteiger partial charge in [0.1, 0.15) is 17.5 Å². The lowest BCUT2D eigenvalue weighted by atomic mass is 9.97. The van der Waals surface area contributed by atoms with E-state index in [9.17, 15) is 4.39 Å². The van der Waals surface area contributed by atoms with Crippen molar-refractivity contribution in [1.29, 1.82) is 0 Å². The van der Waals surface area contributed by atoms with Crippen molar-refractivity contribution in [3.63, 3.8) is 0 Å². The summed E-state index contributed by atoms with van der Waals surface area (Å²) in [5.41, 5.74) is 2.94. The summed E-state index contributed by atoms with van der Waals surface area (Å²) in [7, 11) is 0. The molecule has 1 atom stereocenters. The summed E-state index contributed by atoms with van der Waals surface area (Å²) in [6.07, 6.45) is 8.90. The number of halogens is 1. The molecule has 0 amide bonds. The fourth-order valence-corrected chi connectivity index (χ4v) is 3.62. The molecule has 1 aromatic carbocycles. The van der Waals surface area contributed by atoms with E-state index in [2.05, 4.69) is 27.9 Å². The zero-order valence-corrected chi connectivity index (χ0v) is 16.1. The van der Waals surface area contributed by atoms with E-state index in [1.807, 2.05) is 12.1 Å². The summed E-state index contributed by atoms with van der Waals surface area (Å²) in [6.45, 7) is 4.20. The van der Waals surface area contributed by atoms with Gasteiger partial charge in [0.05, 0.1) is 11.4 Å². The maximum absolute atomic E-state index is 13.2. The molecule has 1 aliphatic rings. The summed E-state index contributed by atoms with van der Waals surface area (Å²) in [5, 5.41) is 0. The Labute approximate surface area is 164 Å². The molecule has 0 unspecified atom stereocenters. The minimum atomic E-state index is -0.213. The molecule has 0 radical (unpaired) electrons. The van der Waals surface area contributed by atoms with Gasteiger partial charge >= 0.3 is 0 Å². The summed E-state index contributed by atoms with van der Waals surface area (Å²) in [5.74, 6) is 1.81. The first kappa shape index (κ1) is 18.5. The molecule has 1 fully saturated rings. The van der Waals surface area contributed by atoms with Crippen molar-refractivity contribution in [2.75, 3.05) is 18.0 Å². The van der Waals surface area contributed by atoms with Crippen molar-refractivity contribution in [3.8, 4) is 0 Å². The summed E-state index contributed by atoms with van der Waals surface area (Å²) in [6, 6.07) is 8.77. The molecule has 3 aromatic rings. The van der Waals surface area contributed by atoms with E-state index in [1.54, 1.807) is 18.6 Å². The van der Waals surface area contributed by atoms with Crippen LogP contribution < -0.4 is 4.90 Å². The number of hydrogen-bond acceptors (Lipinski definition) is 5. The molecule has 1 aliphatic heterocycles. The number of nitrogens with zero attached hydrogens (tertiary/aromatic N) is 5. The Morgan fingerprint density at radius 1 is 1.04 bits per heavy atom. The van der Waals surface area contributed by atoms with E-state index in [4.69, 9.17) is 9.97 Å². The first-order valence-electron chi connectivity index (χ1n) is 9.79. The smallest absolute Gasteiger partial charge is 0.132 e. The van der Waals surface area contributed by atoms with Crippen LogP contribution in [0.4, 0.5) is 10.2 Å². The quantitative estimate of drug-likeness (QED) is 0.651. The Kier molecular flexibility index (Phi) is 5.55. The lowest BCUT2D eigenvalue weighted by Crippen LogP contribution is -2.21. The molecule has 0 N–H and O–H groups in total. The zero-order valence-electron chi connectivity index (χ0n) is 16.1. The summed E-state index contributed by atoms with van der Waals surface area (Å²) in [4.78, 5) is 20.5. The van der Waals surface area contributed by atoms with Crippen molar-refractivity contribution < 1.29 is 4.39 Å². The standard InChI is InChI=1S/C22H24FN5/c1-16(17-4-6-18(23)7-5-17)12-21-26-19(13-20-15-24-8-9-25-20)14-22(27-21)28-10-2-3-11-28/h4-9,14-16H,2-3,10-13H2,1H3/t16-/m1/s1. The largest absolute Gasteiger partial charge is 0.357 e. The van der Waals surface area contributed by atoms with Crippen LogP contribution in [0.2, 0.25) is 0 Å². The van der Waals surface area contributed by atoms with Crippen LogP contribution in [-0.2, 0) is 12.8 Å². The first-order chi connectivity index (χ1) is 13.7. The molecule has 0 spiro atoms. The molecule has 5 nitrogen and oxygen atoms in total. The highest BCUT2D eigenvalue weighted by molar-refractivity contribution is 5.41. The molecule has 6 heteroatoms. The van der Waals surface area contributed by atoms with Crippen LogP contribution in [0.3, 0.4) is 0 Å². The minimum Gasteiger partial charge on any atom is -0.357 e. The molecular formula is C22H24FN5. The van der Waals surface area contributed by atoms with Crippen molar-refractivity contribution in [3.05, 3.63) is 77.5 Å². The lowest BCUT2D eigenvalue weighted by molar-refractivity contribution is 0.624. The molecule has 1 saturated heterocycles. The van der Waals surface area contributed by atoms with Crippen molar-refractivity contribution in [1.82, 2.24) is 19.9 Å². The average molecular weight is 377 g/mol. The molecule has 0 saturated carbocycles. The normalized spacial score (nSPS) is 15.0. The van der Waals surface area contributed by atoms with Crippen LogP contribution in [-0.4, -0.2) is 33.0 Å². The number of anilines is 1. The zero-order chi connectivity index (χ0) is 19.3. The van der Waals surface area contributed by atoms with E-state index >= 15 is 0 Å². The van der Waals surface area contributed by atoms with Gasteiger partial charge in [-0.1, -0.05) is 19.1 Å². The molecule has 28 heavy (non-hydrogen) atoms. The Balaban J connectivity index is 1.60. The van der Waals surface area contributed by atoms with E-state index in [0.717, 1.165) is 41.7 Å². The molecule has 0 bridgehead atoms. The fraction of sp³-hybridized carbons (Fsp3) is 0.364. The van der Waals surface area contributed by atoms with E-state index < -0.39 is 0 Å². The van der Waals surface area contributed by atoms with Crippen LogP contribution in [0, 0.1) is 5.82 Å². The molecular weight excluding hydrogens is 353 g/mol. The second-order valence-electron chi connectivity index (χ2n) is 7.36. The van der Waals surface area contributed by atoms with Gasteiger partial charge in [-0.15, -0.1) is 0 Å². The molecule has 3 heterocycles. The Hall–Kier alpha value is -2.89. The Morgan fingerprint density at radius 2 is 1.82 bits per heavy atom. The van der Waals surface area contributed by atoms with Gasteiger partial charge in [-0.05, 0) is 36.5 Å². The minimum absolute atomic E-state index is 0.207. The van der Waals surface area contributed by atoms with Gasteiger partial charge in [-0.25, -0.2) is 14.4 Å². The molecule has 4 rings (SSSR count). The van der Waals surface area contributed by atoms with E-state index in [0.29, 0.717) is 12.8 Å². The van der Waals surface area contributed by atoms with Crippen LogP contribution in [0.25, 0.3) is 0 Å². The van der Waals surface area contributed by atoms with Crippen LogP contribution in [0.5, 0.6) is 0 Å². The Bertz CT molecular complexity index is 908. The second-order valence-corrected chi connectivity index (χ2v) is 7.36. The topological polar surface area (TPSA) is 54.8 Å². The predicted molar refractivity (Wildman–Crippen MR) is 107 cm³/mol. The molecule has 144 valence electrons. The average Bonchev–Trinajstić information content (AvgIpc) is 3.24. The number of hydrogen-bond donors (Lipinski definition) is 0. The van der Waals surface area contributed by atoms with Crippen molar-refractivity contribution in [2.24, 2.45) is 0 Å².